The zero-order valence-electron chi connectivity index (χ0n) is 18.6. The lowest BCUT2D eigenvalue weighted by Crippen LogP contribution is -2.48. The number of nitrogens with zero attached hydrogens (tertiary/aromatic N) is 1. The first kappa shape index (κ1) is 23.0. The van der Waals surface area contributed by atoms with Crippen LogP contribution in [0, 0.1) is 0 Å². The minimum absolute atomic E-state index is 0.343. The molecule has 174 valence electrons. The van der Waals surface area contributed by atoms with Crippen LogP contribution in [-0.2, 0) is 9.53 Å². The van der Waals surface area contributed by atoms with E-state index in [1.165, 1.54) is 21.3 Å². The maximum atomic E-state index is 12.9. The third-order valence-corrected chi connectivity index (χ3v) is 6.04. The van der Waals surface area contributed by atoms with E-state index in [4.69, 9.17) is 47.5 Å². The molecule has 8 nitrogen and oxygen atoms in total. The molecule has 2 aliphatic heterocycles. The smallest absolute Gasteiger partial charge is 0.337 e. The van der Waals surface area contributed by atoms with Gasteiger partial charge in [-0.05, 0) is 49.0 Å². The van der Waals surface area contributed by atoms with Gasteiger partial charge in [0.05, 0.1) is 43.7 Å². The highest BCUT2D eigenvalue weighted by molar-refractivity contribution is 7.80. The largest absolute Gasteiger partial charge is 0.493 e. The maximum Gasteiger partial charge on any atom is 0.337 e. The van der Waals surface area contributed by atoms with Crippen molar-refractivity contribution < 1.29 is 28.5 Å². The highest BCUT2D eigenvalue weighted by Crippen LogP contribution is 2.42. The number of carbonyl (C=O) groups excluding carboxylic acids is 1. The Balaban J connectivity index is 1.82. The summed E-state index contributed by atoms with van der Waals surface area (Å²) in [6.45, 7) is 2.77. The van der Waals surface area contributed by atoms with E-state index in [1.807, 2.05) is 25.1 Å². The molecular formula is C23H23ClN2O6S. The monoisotopic (exact) mass is 490 g/mol. The molecule has 2 aromatic carbocycles. The number of benzene rings is 2. The summed E-state index contributed by atoms with van der Waals surface area (Å²) in [6.07, 6.45) is 0. The van der Waals surface area contributed by atoms with Crippen LogP contribution < -0.4 is 29.2 Å². The lowest BCUT2D eigenvalue weighted by Gasteiger charge is -2.38. The van der Waals surface area contributed by atoms with Gasteiger partial charge in [-0.2, -0.15) is 0 Å². The van der Waals surface area contributed by atoms with Crippen molar-refractivity contribution in [3.8, 4) is 23.0 Å². The SMILES string of the molecule is COC(=O)C1=C(C)N(c2ccc3c(c2)OCCO3)C(=S)N[C@H]1c1cc(Cl)c(OC)c(OC)c1. The van der Waals surface area contributed by atoms with E-state index in [0.717, 1.165) is 5.69 Å². The topological polar surface area (TPSA) is 78.5 Å². The Bertz CT molecular complexity index is 1150. The molecule has 0 saturated heterocycles. The second kappa shape index (κ2) is 9.36. The quantitative estimate of drug-likeness (QED) is 0.494. The summed E-state index contributed by atoms with van der Waals surface area (Å²) >= 11 is 12.1. The summed E-state index contributed by atoms with van der Waals surface area (Å²) < 4.78 is 27.2. The molecule has 0 aliphatic carbocycles. The molecule has 4 rings (SSSR count). The first-order valence-electron chi connectivity index (χ1n) is 10.1. The summed E-state index contributed by atoms with van der Waals surface area (Å²) in [4.78, 5) is 14.7. The van der Waals surface area contributed by atoms with Crippen LogP contribution in [0.15, 0.2) is 41.6 Å². The van der Waals surface area contributed by atoms with Crippen LogP contribution in [-0.4, -0.2) is 45.6 Å². The van der Waals surface area contributed by atoms with Gasteiger partial charge >= 0.3 is 5.97 Å². The Labute approximate surface area is 202 Å². The summed E-state index contributed by atoms with van der Waals surface area (Å²) in [5.41, 5.74) is 2.38. The second-order valence-electron chi connectivity index (χ2n) is 7.27. The Hall–Kier alpha value is -3.17. The molecule has 2 aromatic rings. The first-order chi connectivity index (χ1) is 15.9. The van der Waals surface area contributed by atoms with E-state index in [2.05, 4.69) is 5.32 Å². The van der Waals surface area contributed by atoms with Crippen LogP contribution in [0.5, 0.6) is 23.0 Å². The van der Waals surface area contributed by atoms with Crippen LogP contribution in [0.3, 0.4) is 0 Å². The van der Waals surface area contributed by atoms with E-state index >= 15 is 0 Å². The Kier molecular flexibility index (Phi) is 6.53. The van der Waals surface area contributed by atoms with Crippen molar-refractivity contribution in [1.29, 1.82) is 0 Å². The van der Waals surface area contributed by atoms with Crippen molar-refractivity contribution >= 4 is 40.6 Å². The Morgan fingerprint density at radius 2 is 1.85 bits per heavy atom. The van der Waals surface area contributed by atoms with Crippen molar-refractivity contribution in [2.24, 2.45) is 0 Å². The van der Waals surface area contributed by atoms with Gasteiger partial charge in [0, 0.05) is 11.8 Å². The zero-order valence-corrected chi connectivity index (χ0v) is 20.1. The molecule has 0 bridgehead atoms. The highest BCUT2D eigenvalue weighted by Gasteiger charge is 2.36. The fraction of sp³-hybridized carbons (Fsp3) is 0.304. The van der Waals surface area contributed by atoms with Crippen LogP contribution in [0.2, 0.25) is 5.02 Å². The number of methoxy groups -OCH3 is 3. The molecule has 10 heteroatoms. The lowest BCUT2D eigenvalue weighted by atomic mass is 9.94. The molecular weight excluding hydrogens is 468 g/mol. The predicted molar refractivity (Wildman–Crippen MR) is 128 cm³/mol. The van der Waals surface area contributed by atoms with E-state index in [1.54, 1.807) is 17.0 Å². The average Bonchev–Trinajstić information content (AvgIpc) is 2.82. The molecule has 2 heterocycles. The van der Waals surface area contributed by atoms with E-state index in [0.29, 0.717) is 63.2 Å². The minimum Gasteiger partial charge on any atom is -0.493 e. The zero-order chi connectivity index (χ0) is 23.7. The van der Waals surface area contributed by atoms with Gasteiger partial charge in [0.25, 0.3) is 0 Å². The molecule has 0 fully saturated rings. The van der Waals surface area contributed by atoms with E-state index in [-0.39, 0.29) is 0 Å². The molecule has 1 N–H and O–H groups in total. The van der Waals surface area contributed by atoms with E-state index < -0.39 is 12.0 Å². The Morgan fingerprint density at radius 1 is 1.12 bits per heavy atom. The Morgan fingerprint density at radius 3 is 2.52 bits per heavy atom. The number of halogens is 1. The van der Waals surface area contributed by atoms with Crippen molar-refractivity contribution in [1.82, 2.24) is 5.32 Å². The summed E-state index contributed by atoms with van der Waals surface area (Å²) in [6, 6.07) is 8.34. The standard InChI is InChI=1S/C23H23ClN2O6S/c1-12-19(22(27)30-4)20(13-9-15(24)21(29-3)18(10-13)28-2)25-23(33)26(12)14-5-6-16-17(11-14)32-8-7-31-16/h5-6,9-11,20H,7-8H2,1-4H3,(H,25,33)/t20-/m0/s1. The van der Waals surface area contributed by atoms with E-state index in [9.17, 15) is 4.79 Å². The van der Waals surface area contributed by atoms with Crippen LogP contribution in [0.4, 0.5) is 5.69 Å². The molecule has 0 amide bonds. The van der Waals surface area contributed by atoms with Crippen molar-refractivity contribution in [2.45, 2.75) is 13.0 Å². The second-order valence-corrected chi connectivity index (χ2v) is 8.07. The van der Waals surface area contributed by atoms with Gasteiger partial charge < -0.3 is 29.0 Å². The van der Waals surface area contributed by atoms with Crippen molar-refractivity contribution in [3.05, 3.63) is 52.2 Å². The summed E-state index contributed by atoms with van der Waals surface area (Å²) in [5, 5.41) is 3.98. The first-order valence-corrected chi connectivity index (χ1v) is 10.9. The molecule has 2 aliphatic rings. The molecule has 0 aromatic heterocycles. The van der Waals surface area contributed by atoms with Gasteiger partial charge in [0.1, 0.15) is 13.2 Å². The van der Waals surface area contributed by atoms with Gasteiger partial charge in [0.2, 0.25) is 0 Å². The average molecular weight is 491 g/mol. The number of hydrogen-bond acceptors (Lipinski definition) is 7. The normalized spacial score (nSPS) is 17.4. The number of esters is 1. The number of carbonyl (C=O) groups is 1. The summed E-state index contributed by atoms with van der Waals surface area (Å²) in [7, 11) is 4.36. The highest BCUT2D eigenvalue weighted by atomic mass is 35.5. The number of fused-ring (bicyclic) bond motifs is 1. The molecule has 33 heavy (non-hydrogen) atoms. The molecule has 0 saturated carbocycles. The number of hydrogen-bond donors (Lipinski definition) is 1. The van der Waals surface area contributed by atoms with Crippen molar-refractivity contribution in [2.75, 3.05) is 39.4 Å². The van der Waals surface area contributed by atoms with Gasteiger partial charge in [-0.25, -0.2) is 4.79 Å². The third kappa shape index (κ3) is 4.14. The number of rotatable bonds is 5. The fourth-order valence-electron chi connectivity index (χ4n) is 3.95. The van der Waals surface area contributed by atoms with Gasteiger partial charge in [0.15, 0.2) is 28.1 Å². The number of anilines is 1. The van der Waals surface area contributed by atoms with Gasteiger partial charge in [-0.3, -0.25) is 4.90 Å². The lowest BCUT2D eigenvalue weighted by molar-refractivity contribution is -0.136. The molecule has 0 spiro atoms. The minimum atomic E-state index is -0.615. The van der Waals surface area contributed by atoms with Crippen LogP contribution in [0.25, 0.3) is 0 Å². The van der Waals surface area contributed by atoms with Gasteiger partial charge in [-0.1, -0.05) is 11.6 Å². The predicted octanol–water partition coefficient (Wildman–Crippen LogP) is 4.01. The van der Waals surface area contributed by atoms with Crippen LogP contribution in [0.1, 0.15) is 18.5 Å². The number of ether oxygens (including phenoxy) is 5. The number of thiocarbonyl (C=S) groups is 1. The molecule has 0 unspecified atom stereocenters. The number of allylic oxidation sites excluding steroid dienone is 1. The number of nitrogens with one attached hydrogen (secondary N) is 1. The maximum absolute atomic E-state index is 12.9. The fourth-order valence-corrected chi connectivity index (χ4v) is 4.61. The van der Waals surface area contributed by atoms with Crippen molar-refractivity contribution in [3.63, 3.8) is 0 Å². The van der Waals surface area contributed by atoms with Crippen LogP contribution >= 0.6 is 23.8 Å². The molecule has 1 atom stereocenters. The van der Waals surface area contributed by atoms with Gasteiger partial charge in [-0.15, -0.1) is 0 Å². The molecule has 0 radical (unpaired) electrons. The third-order valence-electron chi connectivity index (χ3n) is 5.46. The summed E-state index contributed by atoms with van der Waals surface area (Å²) in [5.74, 6) is 1.61.